The summed E-state index contributed by atoms with van der Waals surface area (Å²) in [6, 6.07) is 12.4. The third kappa shape index (κ3) is 3.54. The minimum Gasteiger partial charge on any atom is -0.508 e. The number of benzene rings is 2. The van der Waals surface area contributed by atoms with Crippen LogP contribution in [-0.2, 0) is 11.2 Å². The molecule has 4 nitrogen and oxygen atoms in total. The molecule has 110 valence electrons. The molecule has 0 aromatic heterocycles. The van der Waals surface area contributed by atoms with E-state index < -0.39 is 0 Å². The van der Waals surface area contributed by atoms with Gasteiger partial charge in [0.1, 0.15) is 5.75 Å². The number of phenolic OH excluding ortho intramolecular Hbond substituents is 1. The molecule has 0 saturated carbocycles. The zero-order valence-corrected chi connectivity index (χ0v) is 12.3. The van der Waals surface area contributed by atoms with Gasteiger partial charge in [-0.3, -0.25) is 4.79 Å². The molecule has 0 atom stereocenters. The summed E-state index contributed by atoms with van der Waals surface area (Å²) in [6.45, 7) is 4.39. The molecule has 0 saturated heterocycles. The summed E-state index contributed by atoms with van der Waals surface area (Å²) in [5.41, 5.74) is 8.97. The van der Waals surface area contributed by atoms with Crippen LogP contribution in [0.1, 0.15) is 18.1 Å². The van der Waals surface area contributed by atoms with Crippen molar-refractivity contribution in [1.29, 1.82) is 0 Å². The van der Waals surface area contributed by atoms with Gasteiger partial charge in [0.2, 0.25) is 5.91 Å². The second-order valence-electron chi connectivity index (χ2n) is 5.03. The van der Waals surface area contributed by atoms with Gasteiger partial charge in [0.15, 0.2) is 0 Å². The van der Waals surface area contributed by atoms with Gasteiger partial charge in [-0.2, -0.15) is 0 Å². The van der Waals surface area contributed by atoms with Crippen molar-refractivity contribution in [3.8, 4) is 5.75 Å². The summed E-state index contributed by atoms with van der Waals surface area (Å²) in [7, 11) is 0. The maximum atomic E-state index is 12.5. The van der Waals surface area contributed by atoms with E-state index in [-0.39, 0.29) is 18.1 Å². The summed E-state index contributed by atoms with van der Waals surface area (Å²) >= 11 is 0. The van der Waals surface area contributed by atoms with E-state index in [1.54, 1.807) is 35.2 Å². The Morgan fingerprint density at radius 1 is 1.24 bits per heavy atom. The number of aromatic hydroxyl groups is 1. The van der Waals surface area contributed by atoms with E-state index in [2.05, 4.69) is 0 Å². The van der Waals surface area contributed by atoms with E-state index in [4.69, 9.17) is 5.73 Å². The van der Waals surface area contributed by atoms with Crippen molar-refractivity contribution in [1.82, 2.24) is 0 Å². The van der Waals surface area contributed by atoms with E-state index in [9.17, 15) is 9.90 Å². The van der Waals surface area contributed by atoms with Gasteiger partial charge in [0.05, 0.1) is 12.1 Å². The van der Waals surface area contributed by atoms with Crippen molar-refractivity contribution in [2.75, 3.05) is 17.2 Å². The van der Waals surface area contributed by atoms with Crippen LogP contribution < -0.4 is 10.6 Å². The molecule has 0 fully saturated rings. The van der Waals surface area contributed by atoms with Crippen LogP contribution in [0.3, 0.4) is 0 Å². The molecular weight excluding hydrogens is 264 g/mol. The quantitative estimate of drug-likeness (QED) is 0.848. The molecule has 4 heteroatoms. The monoisotopic (exact) mass is 284 g/mol. The molecule has 2 aromatic rings. The van der Waals surface area contributed by atoms with Crippen molar-refractivity contribution < 1.29 is 9.90 Å². The lowest BCUT2D eigenvalue weighted by molar-refractivity contribution is -0.117. The number of aryl methyl sites for hydroxylation is 1. The highest BCUT2D eigenvalue weighted by Crippen LogP contribution is 2.25. The Morgan fingerprint density at radius 3 is 2.67 bits per heavy atom. The van der Waals surface area contributed by atoms with Gasteiger partial charge in [0, 0.05) is 18.3 Å². The summed E-state index contributed by atoms with van der Waals surface area (Å²) in [5.74, 6) is 0.141. The number of amides is 1. The second kappa shape index (κ2) is 6.31. The molecule has 0 unspecified atom stereocenters. The smallest absolute Gasteiger partial charge is 0.231 e. The van der Waals surface area contributed by atoms with Gasteiger partial charge in [-0.05, 0) is 43.2 Å². The average molecular weight is 284 g/mol. The number of carbonyl (C=O) groups is 1. The molecule has 3 N–H and O–H groups in total. The predicted molar refractivity (Wildman–Crippen MR) is 85.4 cm³/mol. The van der Waals surface area contributed by atoms with Gasteiger partial charge >= 0.3 is 0 Å². The van der Waals surface area contributed by atoms with E-state index in [0.29, 0.717) is 12.2 Å². The fourth-order valence-electron chi connectivity index (χ4n) is 2.34. The lowest BCUT2D eigenvalue weighted by atomic mass is 10.1. The first-order valence-corrected chi connectivity index (χ1v) is 6.95. The zero-order valence-electron chi connectivity index (χ0n) is 12.3. The highest BCUT2D eigenvalue weighted by molar-refractivity contribution is 5.95. The molecule has 0 bridgehead atoms. The van der Waals surface area contributed by atoms with E-state index >= 15 is 0 Å². The average Bonchev–Trinajstić information content (AvgIpc) is 2.43. The minimum atomic E-state index is -0.0169. The van der Waals surface area contributed by atoms with Crippen molar-refractivity contribution in [2.45, 2.75) is 20.3 Å². The molecule has 0 aliphatic rings. The Kier molecular flexibility index (Phi) is 4.48. The SMILES string of the molecule is CCN(C(=O)Cc1cccc(N)c1)c1cc(O)ccc1C. The van der Waals surface area contributed by atoms with Gasteiger partial charge in [0.25, 0.3) is 0 Å². The third-order valence-electron chi connectivity index (χ3n) is 3.41. The molecule has 2 aromatic carbocycles. The highest BCUT2D eigenvalue weighted by atomic mass is 16.3. The van der Waals surface area contributed by atoms with Crippen LogP contribution in [0, 0.1) is 6.92 Å². The first kappa shape index (κ1) is 14.9. The van der Waals surface area contributed by atoms with Gasteiger partial charge < -0.3 is 15.7 Å². The fraction of sp³-hybridized carbons (Fsp3) is 0.235. The number of carbonyl (C=O) groups excluding carboxylic acids is 1. The first-order valence-electron chi connectivity index (χ1n) is 6.95. The topological polar surface area (TPSA) is 66.6 Å². The number of hydrogen-bond donors (Lipinski definition) is 2. The molecule has 0 heterocycles. The predicted octanol–water partition coefficient (Wildman–Crippen LogP) is 2.88. The Bertz CT molecular complexity index is 653. The number of anilines is 2. The van der Waals surface area contributed by atoms with Crippen LogP contribution in [0.15, 0.2) is 42.5 Å². The van der Waals surface area contributed by atoms with E-state index in [1.807, 2.05) is 26.0 Å². The highest BCUT2D eigenvalue weighted by Gasteiger charge is 2.16. The summed E-state index contributed by atoms with van der Waals surface area (Å²) in [4.78, 5) is 14.2. The molecule has 0 spiro atoms. The molecule has 1 amide bonds. The maximum Gasteiger partial charge on any atom is 0.231 e. The minimum absolute atomic E-state index is 0.0169. The number of rotatable bonds is 4. The summed E-state index contributed by atoms with van der Waals surface area (Å²) in [6.07, 6.45) is 0.286. The molecule has 2 rings (SSSR count). The molecule has 0 aliphatic carbocycles. The van der Waals surface area contributed by atoms with Gasteiger partial charge in [-0.1, -0.05) is 18.2 Å². The third-order valence-corrected chi connectivity index (χ3v) is 3.41. The van der Waals surface area contributed by atoms with Crippen molar-refractivity contribution >= 4 is 17.3 Å². The van der Waals surface area contributed by atoms with Crippen LogP contribution in [0.25, 0.3) is 0 Å². The Hall–Kier alpha value is -2.49. The van der Waals surface area contributed by atoms with Crippen molar-refractivity contribution in [3.05, 3.63) is 53.6 Å². The molecular formula is C17H20N2O2. The standard InChI is InChI=1S/C17H20N2O2/c1-3-19(16-11-15(20)8-7-12(16)2)17(21)10-13-5-4-6-14(18)9-13/h4-9,11,20H,3,10,18H2,1-2H3. The van der Waals surface area contributed by atoms with Crippen LogP contribution in [-0.4, -0.2) is 17.6 Å². The maximum absolute atomic E-state index is 12.5. The summed E-state index contributed by atoms with van der Waals surface area (Å²) in [5, 5.41) is 9.64. The molecule has 0 radical (unpaired) electrons. The number of nitrogens with zero attached hydrogens (tertiary/aromatic N) is 1. The molecule has 0 aliphatic heterocycles. The fourth-order valence-corrected chi connectivity index (χ4v) is 2.34. The van der Waals surface area contributed by atoms with Gasteiger partial charge in [-0.15, -0.1) is 0 Å². The van der Waals surface area contributed by atoms with Crippen molar-refractivity contribution in [2.24, 2.45) is 0 Å². The first-order chi connectivity index (χ1) is 10.0. The zero-order chi connectivity index (χ0) is 15.4. The number of nitrogens with two attached hydrogens (primary N) is 1. The Labute approximate surface area is 124 Å². The lowest BCUT2D eigenvalue weighted by Gasteiger charge is -2.23. The van der Waals surface area contributed by atoms with Gasteiger partial charge in [-0.25, -0.2) is 0 Å². The normalized spacial score (nSPS) is 10.4. The number of hydrogen-bond acceptors (Lipinski definition) is 3. The van der Waals surface area contributed by atoms with Crippen LogP contribution >= 0.6 is 0 Å². The lowest BCUT2D eigenvalue weighted by Crippen LogP contribution is -2.32. The van der Waals surface area contributed by atoms with Crippen LogP contribution in [0.5, 0.6) is 5.75 Å². The van der Waals surface area contributed by atoms with E-state index in [1.165, 1.54) is 0 Å². The molecule has 21 heavy (non-hydrogen) atoms. The number of likely N-dealkylation sites (N-methyl/N-ethyl adjacent to an activating group) is 1. The van der Waals surface area contributed by atoms with E-state index in [0.717, 1.165) is 16.8 Å². The number of nitrogen functional groups attached to an aromatic ring is 1. The summed E-state index contributed by atoms with van der Waals surface area (Å²) < 4.78 is 0. The number of phenols is 1. The van der Waals surface area contributed by atoms with Crippen molar-refractivity contribution in [3.63, 3.8) is 0 Å². The Morgan fingerprint density at radius 2 is 2.00 bits per heavy atom. The Balaban J connectivity index is 2.24. The second-order valence-corrected chi connectivity index (χ2v) is 5.03. The largest absolute Gasteiger partial charge is 0.508 e. The van der Waals surface area contributed by atoms with Crippen LogP contribution in [0.2, 0.25) is 0 Å². The van der Waals surface area contributed by atoms with Crippen LogP contribution in [0.4, 0.5) is 11.4 Å².